The third kappa shape index (κ3) is 2.88. The lowest BCUT2D eigenvalue weighted by molar-refractivity contribution is 0.101. The summed E-state index contributed by atoms with van der Waals surface area (Å²) in [6.07, 6.45) is 0. The minimum Gasteiger partial charge on any atom is -0.493 e. The number of methoxy groups -OCH3 is 3. The summed E-state index contributed by atoms with van der Waals surface area (Å²) < 4.78 is 21.7. The van der Waals surface area contributed by atoms with Gasteiger partial charge in [0, 0.05) is 28.9 Å². The van der Waals surface area contributed by atoms with E-state index in [0.29, 0.717) is 34.2 Å². The number of benzene rings is 2. The average Bonchev–Trinajstić information content (AvgIpc) is 3.17. The first-order chi connectivity index (χ1) is 13.7. The number of hydrogen-bond donors (Lipinski definition) is 2. The van der Waals surface area contributed by atoms with Crippen molar-refractivity contribution >= 4 is 11.6 Å². The Morgan fingerprint density at radius 1 is 1.11 bits per heavy atom. The summed E-state index contributed by atoms with van der Waals surface area (Å²) in [5.74, 6) is 1.75. The summed E-state index contributed by atoms with van der Waals surface area (Å²) in [6.45, 7) is 0.265. The number of fused-ring (bicyclic) bond motifs is 3. The monoisotopic (exact) mass is 381 g/mol. The highest BCUT2D eigenvalue weighted by atomic mass is 16.5. The fourth-order valence-corrected chi connectivity index (χ4v) is 3.20. The number of ether oxygens (including phenoxy) is 4. The number of para-hydroxylation sites is 1. The first kappa shape index (κ1) is 17.7. The van der Waals surface area contributed by atoms with E-state index >= 15 is 0 Å². The van der Waals surface area contributed by atoms with Gasteiger partial charge in [0.15, 0.2) is 11.5 Å². The second-order valence-corrected chi connectivity index (χ2v) is 6.08. The highest BCUT2D eigenvalue weighted by Gasteiger charge is 2.26. The highest BCUT2D eigenvalue weighted by molar-refractivity contribution is 6.05. The SMILES string of the molecule is COc1cc(NC(=O)c2[nH]nc3c2COc2ccccc2-3)cc(OC)c1OC. The molecule has 0 saturated heterocycles. The molecule has 2 heterocycles. The van der Waals surface area contributed by atoms with Gasteiger partial charge in [0.05, 0.1) is 21.3 Å². The summed E-state index contributed by atoms with van der Waals surface area (Å²) >= 11 is 0. The maximum Gasteiger partial charge on any atom is 0.274 e. The van der Waals surface area contributed by atoms with Gasteiger partial charge in [-0.25, -0.2) is 0 Å². The maximum absolute atomic E-state index is 12.9. The van der Waals surface area contributed by atoms with Gasteiger partial charge in [-0.3, -0.25) is 9.89 Å². The van der Waals surface area contributed by atoms with Crippen LogP contribution in [0.5, 0.6) is 23.0 Å². The number of carbonyl (C=O) groups excluding carboxylic acids is 1. The molecule has 0 saturated carbocycles. The van der Waals surface area contributed by atoms with E-state index in [9.17, 15) is 4.79 Å². The Labute approximate surface area is 161 Å². The molecule has 1 aliphatic heterocycles. The molecule has 0 atom stereocenters. The number of aromatic amines is 1. The molecule has 0 radical (unpaired) electrons. The van der Waals surface area contributed by atoms with Gasteiger partial charge in [-0.15, -0.1) is 0 Å². The summed E-state index contributed by atoms with van der Waals surface area (Å²) in [4.78, 5) is 12.9. The number of aromatic nitrogens is 2. The summed E-state index contributed by atoms with van der Waals surface area (Å²) in [5.41, 5.74) is 3.13. The van der Waals surface area contributed by atoms with Crippen LogP contribution < -0.4 is 24.3 Å². The number of carbonyl (C=O) groups is 1. The molecule has 3 aromatic rings. The molecule has 0 spiro atoms. The summed E-state index contributed by atoms with van der Waals surface area (Å²) in [6, 6.07) is 10.9. The van der Waals surface area contributed by atoms with Crippen molar-refractivity contribution in [3.05, 3.63) is 47.7 Å². The molecular formula is C20H19N3O5. The Bertz CT molecular complexity index is 1020. The minimum absolute atomic E-state index is 0.265. The van der Waals surface area contributed by atoms with Crippen molar-refractivity contribution in [2.45, 2.75) is 6.61 Å². The maximum atomic E-state index is 12.9. The van der Waals surface area contributed by atoms with Gasteiger partial charge in [-0.1, -0.05) is 12.1 Å². The topological polar surface area (TPSA) is 94.7 Å². The summed E-state index contributed by atoms with van der Waals surface area (Å²) in [7, 11) is 4.55. The molecule has 8 heteroatoms. The molecule has 28 heavy (non-hydrogen) atoms. The lowest BCUT2D eigenvalue weighted by atomic mass is 10.0. The molecule has 1 aliphatic rings. The zero-order chi connectivity index (χ0) is 19.7. The fourth-order valence-electron chi connectivity index (χ4n) is 3.20. The number of hydrogen-bond acceptors (Lipinski definition) is 6. The molecule has 1 aromatic heterocycles. The van der Waals surface area contributed by atoms with Gasteiger partial charge in [0.2, 0.25) is 5.75 Å². The zero-order valence-electron chi connectivity index (χ0n) is 15.7. The summed E-state index contributed by atoms with van der Waals surface area (Å²) in [5, 5.41) is 9.99. The van der Waals surface area contributed by atoms with Crippen molar-refractivity contribution in [3.63, 3.8) is 0 Å². The van der Waals surface area contributed by atoms with E-state index in [1.54, 1.807) is 12.1 Å². The molecule has 144 valence electrons. The zero-order valence-corrected chi connectivity index (χ0v) is 15.7. The molecule has 0 unspecified atom stereocenters. The average molecular weight is 381 g/mol. The lowest BCUT2D eigenvalue weighted by Crippen LogP contribution is -2.16. The third-order valence-corrected chi connectivity index (χ3v) is 4.53. The van der Waals surface area contributed by atoms with Crippen molar-refractivity contribution < 1.29 is 23.7 Å². The largest absolute Gasteiger partial charge is 0.493 e. The van der Waals surface area contributed by atoms with Gasteiger partial charge in [-0.05, 0) is 12.1 Å². The molecule has 0 fully saturated rings. The van der Waals surface area contributed by atoms with Crippen LogP contribution in [0.25, 0.3) is 11.3 Å². The van der Waals surface area contributed by atoms with Crippen LogP contribution in [-0.4, -0.2) is 37.4 Å². The molecular weight excluding hydrogens is 362 g/mol. The molecule has 2 aromatic carbocycles. The van der Waals surface area contributed by atoms with Gasteiger partial charge in [0.25, 0.3) is 5.91 Å². The third-order valence-electron chi connectivity index (χ3n) is 4.53. The Morgan fingerprint density at radius 2 is 1.82 bits per heavy atom. The van der Waals surface area contributed by atoms with Crippen LogP contribution in [0.2, 0.25) is 0 Å². The Hall–Kier alpha value is -3.68. The van der Waals surface area contributed by atoms with Crippen molar-refractivity contribution in [1.82, 2.24) is 10.2 Å². The molecule has 0 aliphatic carbocycles. The van der Waals surface area contributed by atoms with Crippen molar-refractivity contribution in [2.75, 3.05) is 26.6 Å². The number of nitrogens with one attached hydrogen (secondary N) is 2. The van der Waals surface area contributed by atoms with Crippen LogP contribution in [0, 0.1) is 0 Å². The highest BCUT2D eigenvalue weighted by Crippen LogP contribution is 2.40. The van der Waals surface area contributed by atoms with Crippen LogP contribution >= 0.6 is 0 Å². The fraction of sp³-hybridized carbons (Fsp3) is 0.200. The quantitative estimate of drug-likeness (QED) is 0.705. The molecule has 4 rings (SSSR count). The Balaban J connectivity index is 1.65. The normalized spacial score (nSPS) is 11.7. The predicted molar refractivity (Wildman–Crippen MR) is 102 cm³/mol. The van der Waals surface area contributed by atoms with Crippen LogP contribution in [0.1, 0.15) is 16.1 Å². The van der Waals surface area contributed by atoms with E-state index < -0.39 is 0 Å². The predicted octanol–water partition coefficient (Wildman–Crippen LogP) is 3.25. The van der Waals surface area contributed by atoms with Crippen LogP contribution in [0.15, 0.2) is 36.4 Å². The van der Waals surface area contributed by atoms with E-state index in [2.05, 4.69) is 15.5 Å². The van der Waals surface area contributed by atoms with Gasteiger partial charge in [0.1, 0.15) is 23.7 Å². The van der Waals surface area contributed by atoms with E-state index in [1.807, 2.05) is 24.3 Å². The van der Waals surface area contributed by atoms with E-state index in [0.717, 1.165) is 17.0 Å². The molecule has 2 N–H and O–H groups in total. The second-order valence-electron chi connectivity index (χ2n) is 6.08. The first-order valence-electron chi connectivity index (χ1n) is 8.57. The number of anilines is 1. The number of rotatable bonds is 5. The van der Waals surface area contributed by atoms with Crippen molar-refractivity contribution in [2.24, 2.45) is 0 Å². The molecule has 8 nitrogen and oxygen atoms in total. The minimum atomic E-state index is -0.342. The number of amides is 1. The smallest absolute Gasteiger partial charge is 0.274 e. The molecule has 0 bridgehead atoms. The van der Waals surface area contributed by atoms with E-state index in [4.69, 9.17) is 18.9 Å². The van der Waals surface area contributed by atoms with E-state index in [-0.39, 0.29) is 12.5 Å². The standard InChI is InChI=1S/C20H19N3O5/c1-25-15-8-11(9-16(26-2)19(15)27-3)21-20(24)18-13-10-28-14-7-5-4-6-12(14)17(13)22-23-18/h4-9H,10H2,1-3H3,(H,21,24)(H,22,23). The van der Waals surface area contributed by atoms with Crippen LogP contribution in [-0.2, 0) is 6.61 Å². The van der Waals surface area contributed by atoms with Crippen molar-refractivity contribution in [3.8, 4) is 34.3 Å². The van der Waals surface area contributed by atoms with Crippen molar-refractivity contribution in [1.29, 1.82) is 0 Å². The van der Waals surface area contributed by atoms with Crippen LogP contribution in [0.4, 0.5) is 5.69 Å². The second kappa shape index (κ2) is 7.15. The Morgan fingerprint density at radius 3 is 2.50 bits per heavy atom. The number of nitrogens with zero attached hydrogens (tertiary/aromatic N) is 1. The first-order valence-corrected chi connectivity index (χ1v) is 8.57. The van der Waals surface area contributed by atoms with Crippen LogP contribution in [0.3, 0.4) is 0 Å². The lowest BCUT2D eigenvalue weighted by Gasteiger charge is -2.17. The van der Waals surface area contributed by atoms with Gasteiger partial charge < -0.3 is 24.3 Å². The molecule has 1 amide bonds. The van der Waals surface area contributed by atoms with Gasteiger partial charge in [-0.2, -0.15) is 5.10 Å². The number of H-pyrrole nitrogens is 1. The van der Waals surface area contributed by atoms with Gasteiger partial charge >= 0.3 is 0 Å². The van der Waals surface area contributed by atoms with E-state index in [1.165, 1.54) is 21.3 Å². The Kier molecular flexibility index (Phi) is 4.52.